The van der Waals surface area contributed by atoms with Gasteiger partial charge in [-0.2, -0.15) is 0 Å². The van der Waals surface area contributed by atoms with E-state index in [1.807, 2.05) is 0 Å². The molecule has 0 spiro atoms. The van der Waals surface area contributed by atoms with Crippen molar-refractivity contribution in [3.63, 3.8) is 0 Å². The maximum absolute atomic E-state index is 13.3. The minimum atomic E-state index is -0.866. The van der Waals surface area contributed by atoms with Gasteiger partial charge in [-0.05, 0) is 6.07 Å². The highest BCUT2D eigenvalue weighted by atomic mass is 19.1. The molecule has 1 aliphatic heterocycles. The van der Waals surface area contributed by atoms with Crippen LogP contribution in [-0.2, 0) is 4.79 Å². The van der Waals surface area contributed by atoms with Crippen LogP contribution in [-0.4, -0.2) is 29.1 Å². The fourth-order valence-electron chi connectivity index (χ4n) is 2.09. The number of nitrogens with zero attached hydrogens (tertiary/aromatic N) is 2. The van der Waals surface area contributed by atoms with Gasteiger partial charge in [0, 0.05) is 30.8 Å². The highest BCUT2D eigenvalue weighted by Gasteiger charge is 2.35. The van der Waals surface area contributed by atoms with Crippen LogP contribution in [0.2, 0.25) is 0 Å². The molecule has 7 heteroatoms. The predicted octanol–water partition coefficient (Wildman–Crippen LogP) is 1.89. The lowest BCUT2D eigenvalue weighted by Gasteiger charge is -2.42. The van der Waals surface area contributed by atoms with Crippen LogP contribution in [0.4, 0.5) is 15.8 Å². The summed E-state index contributed by atoms with van der Waals surface area (Å²) in [6.45, 7) is 2.56. The molecule has 1 aliphatic rings. The van der Waals surface area contributed by atoms with E-state index in [2.05, 4.69) is 0 Å². The molecular weight excluding hydrogens is 255 g/mol. The third-order valence-corrected chi connectivity index (χ3v) is 3.45. The average molecular weight is 268 g/mol. The number of carboxylic acids is 1. The molecule has 1 atom stereocenters. The van der Waals surface area contributed by atoms with Crippen molar-refractivity contribution < 1.29 is 19.2 Å². The van der Waals surface area contributed by atoms with Crippen LogP contribution in [0.15, 0.2) is 18.2 Å². The highest BCUT2D eigenvalue weighted by Crippen LogP contribution is 2.32. The number of halogens is 1. The molecule has 0 aromatic heterocycles. The van der Waals surface area contributed by atoms with E-state index >= 15 is 0 Å². The van der Waals surface area contributed by atoms with Gasteiger partial charge in [-0.15, -0.1) is 0 Å². The van der Waals surface area contributed by atoms with E-state index in [1.165, 1.54) is 12.1 Å². The largest absolute Gasteiger partial charge is 0.481 e. The molecule has 1 saturated heterocycles. The molecule has 1 fully saturated rings. The van der Waals surface area contributed by atoms with E-state index in [4.69, 9.17) is 5.11 Å². The van der Waals surface area contributed by atoms with Crippen molar-refractivity contribution in [3.8, 4) is 0 Å². The van der Waals surface area contributed by atoms with Crippen molar-refractivity contribution in [2.75, 3.05) is 18.0 Å². The van der Waals surface area contributed by atoms with Crippen LogP contribution in [0, 0.1) is 27.8 Å². The lowest BCUT2D eigenvalue weighted by molar-refractivity contribution is -0.385. The maximum atomic E-state index is 13.3. The first kappa shape index (κ1) is 13.3. The van der Waals surface area contributed by atoms with Crippen molar-refractivity contribution in [3.05, 3.63) is 34.1 Å². The van der Waals surface area contributed by atoms with Crippen LogP contribution >= 0.6 is 0 Å². The van der Waals surface area contributed by atoms with Gasteiger partial charge in [0.05, 0.1) is 16.9 Å². The van der Waals surface area contributed by atoms with Crippen molar-refractivity contribution in [1.82, 2.24) is 0 Å². The second-order valence-corrected chi connectivity index (χ2v) is 4.72. The molecule has 0 amide bonds. The number of non-ortho nitro benzene ring substituents is 1. The molecule has 6 nitrogen and oxygen atoms in total. The summed E-state index contributed by atoms with van der Waals surface area (Å²) in [5, 5.41) is 19.5. The number of aliphatic carboxylic acids is 1. The van der Waals surface area contributed by atoms with Crippen molar-refractivity contribution in [2.45, 2.75) is 6.92 Å². The van der Waals surface area contributed by atoms with E-state index in [0.29, 0.717) is 18.8 Å². The topological polar surface area (TPSA) is 83.7 Å². The molecule has 102 valence electrons. The Kier molecular flexibility index (Phi) is 3.37. The molecule has 0 radical (unpaired) electrons. The molecule has 1 N–H and O–H groups in total. The van der Waals surface area contributed by atoms with Gasteiger partial charge in [-0.25, -0.2) is 4.39 Å². The first-order valence-corrected chi connectivity index (χ1v) is 5.81. The smallest absolute Gasteiger partial charge is 0.306 e. The zero-order valence-electron chi connectivity index (χ0n) is 10.2. The predicted molar refractivity (Wildman–Crippen MR) is 65.6 cm³/mol. The molecule has 2 rings (SSSR count). The number of carbonyl (C=O) groups is 1. The minimum Gasteiger partial charge on any atom is -0.481 e. The molecule has 19 heavy (non-hydrogen) atoms. The van der Waals surface area contributed by atoms with E-state index in [0.717, 1.165) is 6.07 Å². The summed E-state index contributed by atoms with van der Waals surface area (Å²) >= 11 is 0. The number of hydrogen-bond donors (Lipinski definition) is 1. The van der Waals surface area contributed by atoms with Gasteiger partial charge in [0.2, 0.25) is 0 Å². The number of rotatable bonds is 4. The zero-order valence-corrected chi connectivity index (χ0v) is 10.2. The number of anilines is 1. The van der Waals surface area contributed by atoms with Gasteiger partial charge in [0.1, 0.15) is 5.82 Å². The number of nitro groups is 1. The van der Waals surface area contributed by atoms with Crippen LogP contribution < -0.4 is 4.90 Å². The molecule has 0 saturated carbocycles. The second-order valence-electron chi connectivity index (χ2n) is 4.72. The summed E-state index contributed by atoms with van der Waals surface area (Å²) in [5.41, 5.74) is 0.116. The summed E-state index contributed by atoms with van der Waals surface area (Å²) in [7, 11) is 0. The van der Waals surface area contributed by atoms with Crippen molar-refractivity contribution in [1.29, 1.82) is 0 Å². The zero-order chi connectivity index (χ0) is 14.2. The summed E-state index contributed by atoms with van der Waals surface area (Å²) in [6.07, 6.45) is 0. The van der Waals surface area contributed by atoms with Gasteiger partial charge >= 0.3 is 5.97 Å². The van der Waals surface area contributed by atoms with Crippen LogP contribution in [0.25, 0.3) is 0 Å². The monoisotopic (exact) mass is 268 g/mol. The standard InChI is InChI=1S/C12H13FN2O4/c1-7(12(16)17)8-5-14(6-8)10-2-9(13)3-11(4-10)15(18)19/h2-4,7-8H,5-6H2,1H3,(H,16,17). The fraction of sp³-hybridized carbons (Fsp3) is 0.417. The summed E-state index contributed by atoms with van der Waals surface area (Å²) in [6, 6.07) is 3.38. The normalized spacial score (nSPS) is 16.8. The number of nitro benzene ring substituents is 1. The summed E-state index contributed by atoms with van der Waals surface area (Å²) in [4.78, 5) is 22.5. The molecule has 1 heterocycles. The molecule has 1 aromatic rings. The number of hydrogen-bond acceptors (Lipinski definition) is 4. The lowest BCUT2D eigenvalue weighted by Crippen LogP contribution is -2.51. The van der Waals surface area contributed by atoms with Crippen molar-refractivity contribution in [2.24, 2.45) is 11.8 Å². The Bertz CT molecular complexity index is 528. The number of benzene rings is 1. The first-order chi connectivity index (χ1) is 8.88. The maximum Gasteiger partial charge on any atom is 0.306 e. The van der Waals surface area contributed by atoms with Gasteiger partial charge < -0.3 is 10.0 Å². The second kappa shape index (κ2) is 4.83. The molecule has 1 aromatic carbocycles. The average Bonchev–Trinajstić information content (AvgIpc) is 2.25. The van der Waals surface area contributed by atoms with Crippen molar-refractivity contribution >= 4 is 17.3 Å². The molecule has 1 unspecified atom stereocenters. The van der Waals surface area contributed by atoms with Gasteiger partial charge in [-0.3, -0.25) is 14.9 Å². The number of carboxylic acid groups (broad SMARTS) is 1. The van der Waals surface area contributed by atoms with E-state index in [1.54, 1.807) is 11.8 Å². The SMILES string of the molecule is CC(C(=O)O)C1CN(c2cc(F)cc([N+](=O)[O-])c2)C1. The quantitative estimate of drug-likeness (QED) is 0.666. The third-order valence-electron chi connectivity index (χ3n) is 3.45. The molecule has 0 bridgehead atoms. The van der Waals surface area contributed by atoms with E-state index in [-0.39, 0.29) is 11.6 Å². The van der Waals surface area contributed by atoms with Gasteiger partial charge in [0.25, 0.3) is 5.69 Å². The Morgan fingerprint density at radius 1 is 1.53 bits per heavy atom. The minimum absolute atomic E-state index is 0.0141. The van der Waals surface area contributed by atoms with E-state index in [9.17, 15) is 19.3 Å². The summed E-state index contributed by atoms with van der Waals surface area (Å²) < 4.78 is 13.3. The van der Waals surface area contributed by atoms with Gasteiger partial charge in [-0.1, -0.05) is 6.92 Å². The molecular formula is C12H13FN2O4. The van der Waals surface area contributed by atoms with Crippen LogP contribution in [0.1, 0.15) is 6.92 Å². The fourth-order valence-corrected chi connectivity index (χ4v) is 2.09. The van der Waals surface area contributed by atoms with Crippen LogP contribution in [0.5, 0.6) is 0 Å². The summed E-state index contributed by atoms with van der Waals surface area (Å²) in [5.74, 6) is -2.02. The lowest BCUT2D eigenvalue weighted by atomic mass is 9.86. The molecule has 0 aliphatic carbocycles. The van der Waals surface area contributed by atoms with E-state index < -0.39 is 22.6 Å². The highest BCUT2D eigenvalue weighted by molar-refractivity contribution is 5.70. The Morgan fingerprint density at radius 2 is 2.16 bits per heavy atom. The first-order valence-electron chi connectivity index (χ1n) is 5.81. The Hall–Kier alpha value is -2.18. The Morgan fingerprint density at radius 3 is 2.68 bits per heavy atom. The van der Waals surface area contributed by atoms with Crippen LogP contribution in [0.3, 0.4) is 0 Å². The Balaban J connectivity index is 2.09. The van der Waals surface area contributed by atoms with Gasteiger partial charge in [0.15, 0.2) is 0 Å². The Labute approximate surface area is 108 Å². The third kappa shape index (κ3) is 2.64.